The molecule has 0 spiro atoms. The van der Waals surface area contributed by atoms with Gasteiger partial charge >= 0.3 is 0 Å². The van der Waals surface area contributed by atoms with Gasteiger partial charge in [-0.15, -0.1) is 0 Å². The first kappa shape index (κ1) is 11.3. The highest BCUT2D eigenvalue weighted by molar-refractivity contribution is 6.50. The first-order valence-electron chi connectivity index (χ1n) is 4.82. The molecular formula is C14H10Cl2. The molecule has 16 heavy (non-hydrogen) atoms. The van der Waals surface area contributed by atoms with Gasteiger partial charge in [-0.3, -0.25) is 0 Å². The van der Waals surface area contributed by atoms with Crippen LogP contribution < -0.4 is 0 Å². The zero-order valence-electron chi connectivity index (χ0n) is 8.63. The van der Waals surface area contributed by atoms with E-state index in [1.165, 1.54) is 0 Å². The quantitative estimate of drug-likeness (QED) is 0.681. The number of rotatable bonds is 2. The van der Waals surface area contributed by atoms with E-state index in [2.05, 4.69) is 13.2 Å². The van der Waals surface area contributed by atoms with Crippen LogP contribution in [-0.2, 0) is 0 Å². The summed E-state index contributed by atoms with van der Waals surface area (Å²) in [4.78, 5) is 0. The van der Waals surface area contributed by atoms with Crippen LogP contribution >= 0.6 is 23.2 Å². The molecule has 0 N–H and O–H groups in total. The highest BCUT2D eigenvalue weighted by Gasteiger charge is 2.07. The molecule has 2 aromatic rings. The smallest absolute Gasteiger partial charge is 0.0412 e. The summed E-state index contributed by atoms with van der Waals surface area (Å²) in [5.74, 6) is 0. The third kappa shape index (κ3) is 1.87. The third-order valence-corrected chi connectivity index (χ3v) is 2.92. The minimum absolute atomic E-state index is 0.530. The van der Waals surface area contributed by atoms with Crippen LogP contribution in [0.2, 0.25) is 0 Å². The average Bonchev–Trinajstić information content (AvgIpc) is 2.27. The predicted molar refractivity (Wildman–Crippen MR) is 73.7 cm³/mol. The molecule has 0 aliphatic heterocycles. The lowest BCUT2D eigenvalue weighted by molar-refractivity contribution is 1.67. The molecular weight excluding hydrogens is 239 g/mol. The monoisotopic (exact) mass is 248 g/mol. The zero-order valence-corrected chi connectivity index (χ0v) is 10.1. The molecule has 2 rings (SSSR count). The summed E-state index contributed by atoms with van der Waals surface area (Å²) < 4.78 is 0. The van der Waals surface area contributed by atoms with Gasteiger partial charge in [0.1, 0.15) is 0 Å². The molecule has 0 amide bonds. The van der Waals surface area contributed by atoms with E-state index in [-0.39, 0.29) is 0 Å². The number of hydrogen-bond donors (Lipinski definition) is 0. The summed E-state index contributed by atoms with van der Waals surface area (Å²) in [6.45, 7) is 7.52. The van der Waals surface area contributed by atoms with Gasteiger partial charge in [-0.25, -0.2) is 0 Å². The van der Waals surface area contributed by atoms with E-state index >= 15 is 0 Å². The van der Waals surface area contributed by atoms with Crippen LogP contribution in [0, 0.1) is 0 Å². The standard InChI is InChI=1S/C14H10Cl2/c1-9(15)11-7-8-12(10(2)16)14-6-4-3-5-13(11)14/h3-8H,1-2H2. The molecule has 0 heterocycles. The van der Waals surface area contributed by atoms with Crippen LogP contribution in [0.15, 0.2) is 49.6 Å². The van der Waals surface area contributed by atoms with Crippen molar-refractivity contribution in [2.45, 2.75) is 0 Å². The summed E-state index contributed by atoms with van der Waals surface area (Å²) in [6.07, 6.45) is 0. The second kappa shape index (κ2) is 4.32. The topological polar surface area (TPSA) is 0 Å². The second-order valence-electron chi connectivity index (χ2n) is 3.52. The first-order chi connectivity index (χ1) is 7.61. The number of benzene rings is 2. The van der Waals surface area contributed by atoms with E-state index in [9.17, 15) is 0 Å². The minimum Gasteiger partial charge on any atom is -0.0843 e. The van der Waals surface area contributed by atoms with Crippen LogP contribution in [0.3, 0.4) is 0 Å². The zero-order chi connectivity index (χ0) is 11.7. The van der Waals surface area contributed by atoms with Crippen LogP contribution in [0.25, 0.3) is 20.8 Å². The summed E-state index contributed by atoms with van der Waals surface area (Å²) in [5, 5.41) is 3.15. The molecule has 0 aliphatic rings. The Morgan fingerprint density at radius 1 is 0.750 bits per heavy atom. The van der Waals surface area contributed by atoms with E-state index < -0.39 is 0 Å². The van der Waals surface area contributed by atoms with Gasteiger partial charge in [0.2, 0.25) is 0 Å². The Hall–Kier alpha value is -1.24. The molecule has 0 atom stereocenters. The molecule has 0 radical (unpaired) electrons. The van der Waals surface area contributed by atoms with E-state index in [0.29, 0.717) is 10.1 Å². The maximum Gasteiger partial charge on any atom is 0.0412 e. The SMILES string of the molecule is C=C(Cl)c1ccc(C(=C)Cl)c2ccccc12. The molecule has 0 unspecified atom stereocenters. The summed E-state index contributed by atoms with van der Waals surface area (Å²) in [6, 6.07) is 11.8. The Morgan fingerprint density at radius 2 is 1.12 bits per heavy atom. The van der Waals surface area contributed by atoms with Crippen LogP contribution in [0.5, 0.6) is 0 Å². The lowest BCUT2D eigenvalue weighted by Crippen LogP contribution is -1.85. The third-order valence-electron chi connectivity index (χ3n) is 2.51. The van der Waals surface area contributed by atoms with Crippen molar-refractivity contribution in [3.05, 3.63) is 60.7 Å². The van der Waals surface area contributed by atoms with Gasteiger partial charge in [-0.05, 0) is 10.8 Å². The molecule has 0 bridgehead atoms. The van der Waals surface area contributed by atoms with E-state index in [0.717, 1.165) is 21.9 Å². The Morgan fingerprint density at radius 3 is 1.44 bits per heavy atom. The lowest BCUT2D eigenvalue weighted by atomic mass is 9.99. The first-order valence-corrected chi connectivity index (χ1v) is 5.58. The largest absolute Gasteiger partial charge is 0.0843 e. The van der Waals surface area contributed by atoms with Crippen molar-refractivity contribution in [2.24, 2.45) is 0 Å². The lowest BCUT2D eigenvalue weighted by Gasteiger charge is -2.09. The van der Waals surface area contributed by atoms with Gasteiger partial charge in [0.15, 0.2) is 0 Å². The fraction of sp³-hybridized carbons (Fsp3) is 0. The van der Waals surface area contributed by atoms with Crippen molar-refractivity contribution in [1.82, 2.24) is 0 Å². The Labute approximate surface area is 105 Å². The Bertz CT molecular complexity index is 530. The maximum atomic E-state index is 5.96. The molecule has 0 saturated carbocycles. The van der Waals surface area contributed by atoms with Gasteiger partial charge in [0.25, 0.3) is 0 Å². The Kier molecular flexibility index (Phi) is 3.04. The summed E-state index contributed by atoms with van der Waals surface area (Å²) in [5.41, 5.74) is 1.86. The highest BCUT2D eigenvalue weighted by Crippen LogP contribution is 2.32. The molecule has 2 heteroatoms. The van der Waals surface area contributed by atoms with Crippen LogP contribution in [0.4, 0.5) is 0 Å². The number of hydrogen-bond acceptors (Lipinski definition) is 0. The fourth-order valence-electron chi connectivity index (χ4n) is 1.77. The van der Waals surface area contributed by atoms with Crippen LogP contribution in [0.1, 0.15) is 11.1 Å². The molecule has 0 saturated heterocycles. The van der Waals surface area contributed by atoms with Gasteiger partial charge in [-0.1, -0.05) is 72.8 Å². The highest BCUT2D eigenvalue weighted by atomic mass is 35.5. The molecule has 2 aromatic carbocycles. The van der Waals surface area contributed by atoms with E-state index in [1.807, 2.05) is 36.4 Å². The van der Waals surface area contributed by atoms with E-state index in [4.69, 9.17) is 23.2 Å². The molecule has 0 aromatic heterocycles. The maximum absolute atomic E-state index is 5.96. The van der Waals surface area contributed by atoms with Gasteiger partial charge in [-0.2, -0.15) is 0 Å². The second-order valence-corrected chi connectivity index (χ2v) is 4.43. The molecule has 0 fully saturated rings. The van der Waals surface area contributed by atoms with Gasteiger partial charge < -0.3 is 0 Å². The van der Waals surface area contributed by atoms with Crippen molar-refractivity contribution in [3.8, 4) is 0 Å². The van der Waals surface area contributed by atoms with Crippen LogP contribution in [-0.4, -0.2) is 0 Å². The number of fused-ring (bicyclic) bond motifs is 1. The average molecular weight is 249 g/mol. The Balaban J connectivity index is 2.87. The van der Waals surface area contributed by atoms with Crippen molar-refractivity contribution >= 4 is 44.0 Å². The minimum atomic E-state index is 0.530. The van der Waals surface area contributed by atoms with Gasteiger partial charge in [0.05, 0.1) is 0 Å². The van der Waals surface area contributed by atoms with E-state index in [1.54, 1.807) is 0 Å². The molecule has 0 nitrogen and oxygen atoms in total. The molecule has 80 valence electrons. The fourth-order valence-corrected chi connectivity index (χ4v) is 2.10. The van der Waals surface area contributed by atoms with Crippen molar-refractivity contribution in [2.75, 3.05) is 0 Å². The molecule has 0 aliphatic carbocycles. The predicted octanol–water partition coefficient (Wildman–Crippen LogP) is 5.26. The summed E-state index contributed by atoms with van der Waals surface area (Å²) in [7, 11) is 0. The summed E-state index contributed by atoms with van der Waals surface area (Å²) >= 11 is 11.9. The number of halogens is 2. The van der Waals surface area contributed by atoms with Crippen molar-refractivity contribution in [1.29, 1.82) is 0 Å². The normalized spacial score (nSPS) is 10.4. The van der Waals surface area contributed by atoms with Crippen molar-refractivity contribution in [3.63, 3.8) is 0 Å². The van der Waals surface area contributed by atoms with Gasteiger partial charge in [0, 0.05) is 21.2 Å². The van der Waals surface area contributed by atoms with Crippen molar-refractivity contribution < 1.29 is 0 Å².